The van der Waals surface area contributed by atoms with Crippen molar-refractivity contribution in [1.29, 1.82) is 0 Å². The van der Waals surface area contributed by atoms with Crippen molar-refractivity contribution in [2.24, 2.45) is 0 Å². The van der Waals surface area contributed by atoms with E-state index in [0.717, 1.165) is 6.54 Å². The zero-order chi connectivity index (χ0) is 14.0. The summed E-state index contributed by atoms with van der Waals surface area (Å²) in [4.78, 5) is 1.53. The van der Waals surface area contributed by atoms with Gasteiger partial charge in [-0.1, -0.05) is 13.0 Å². The summed E-state index contributed by atoms with van der Waals surface area (Å²) in [5.41, 5.74) is 1.50. The second-order valence-electron chi connectivity index (χ2n) is 5.29. The Kier molecular flexibility index (Phi) is 7.34. The number of hydrogen-bond donors (Lipinski definition) is 1. The van der Waals surface area contributed by atoms with E-state index in [9.17, 15) is 0 Å². The first-order chi connectivity index (χ1) is 9.88. The van der Waals surface area contributed by atoms with Crippen LogP contribution in [0.3, 0.4) is 0 Å². The van der Waals surface area contributed by atoms with Gasteiger partial charge in [0.2, 0.25) is 0 Å². The molecule has 1 nitrogen and oxygen atoms in total. The SMILES string of the molecule is CCCNC(CCCc1cccs1)CCc1ccsc1. The summed E-state index contributed by atoms with van der Waals surface area (Å²) in [6.07, 6.45) is 7.53. The van der Waals surface area contributed by atoms with Crippen LogP contribution in [0.5, 0.6) is 0 Å². The molecular weight excluding hydrogens is 282 g/mol. The van der Waals surface area contributed by atoms with Crippen molar-refractivity contribution < 1.29 is 0 Å². The molecule has 2 aromatic rings. The molecule has 110 valence electrons. The lowest BCUT2D eigenvalue weighted by molar-refractivity contribution is 0.442. The molecule has 2 heterocycles. The molecule has 3 heteroatoms. The van der Waals surface area contributed by atoms with Crippen LogP contribution >= 0.6 is 22.7 Å². The minimum Gasteiger partial charge on any atom is -0.314 e. The highest BCUT2D eigenvalue weighted by molar-refractivity contribution is 7.09. The van der Waals surface area contributed by atoms with Gasteiger partial charge in [-0.05, 0) is 78.9 Å². The first-order valence-electron chi connectivity index (χ1n) is 7.65. The van der Waals surface area contributed by atoms with E-state index in [2.05, 4.69) is 46.6 Å². The molecule has 1 N–H and O–H groups in total. The van der Waals surface area contributed by atoms with Gasteiger partial charge in [0.25, 0.3) is 0 Å². The van der Waals surface area contributed by atoms with Crippen LogP contribution in [0.4, 0.5) is 0 Å². The van der Waals surface area contributed by atoms with Gasteiger partial charge in [0, 0.05) is 10.9 Å². The van der Waals surface area contributed by atoms with Gasteiger partial charge in [-0.25, -0.2) is 0 Å². The van der Waals surface area contributed by atoms with Gasteiger partial charge in [0.15, 0.2) is 0 Å². The Hall–Kier alpha value is -0.640. The van der Waals surface area contributed by atoms with E-state index in [4.69, 9.17) is 0 Å². The van der Waals surface area contributed by atoms with Crippen molar-refractivity contribution in [3.8, 4) is 0 Å². The number of nitrogens with one attached hydrogen (secondary N) is 1. The first kappa shape index (κ1) is 15.7. The van der Waals surface area contributed by atoms with E-state index in [1.807, 2.05) is 11.3 Å². The monoisotopic (exact) mass is 307 g/mol. The van der Waals surface area contributed by atoms with Crippen molar-refractivity contribution in [1.82, 2.24) is 5.32 Å². The van der Waals surface area contributed by atoms with Gasteiger partial charge < -0.3 is 5.32 Å². The Balaban J connectivity index is 1.71. The molecule has 0 spiro atoms. The van der Waals surface area contributed by atoms with Crippen molar-refractivity contribution in [3.63, 3.8) is 0 Å². The standard InChI is InChI=1S/C17H25NS2/c1-2-11-18-16(9-8-15-10-13-19-14-15)5-3-6-17-7-4-12-20-17/h4,7,10,12-14,16,18H,2-3,5-6,8-9,11H2,1H3. The summed E-state index contributed by atoms with van der Waals surface area (Å²) in [5.74, 6) is 0. The van der Waals surface area contributed by atoms with Crippen molar-refractivity contribution >= 4 is 22.7 Å². The zero-order valence-corrected chi connectivity index (χ0v) is 13.9. The largest absolute Gasteiger partial charge is 0.314 e. The lowest BCUT2D eigenvalue weighted by Crippen LogP contribution is -2.30. The average molecular weight is 308 g/mol. The Bertz CT molecular complexity index is 434. The van der Waals surface area contributed by atoms with E-state index in [-0.39, 0.29) is 0 Å². The predicted molar refractivity (Wildman–Crippen MR) is 92.0 cm³/mol. The lowest BCUT2D eigenvalue weighted by Gasteiger charge is -2.18. The van der Waals surface area contributed by atoms with Gasteiger partial charge in [-0.3, -0.25) is 0 Å². The van der Waals surface area contributed by atoms with Crippen LogP contribution in [0.25, 0.3) is 0 Å². The molecule has 1 atom stereocenters. The van der Waals surface area contributed by atoms with E-state index >= 15 is 0 Å². The van der Waals surface area contributed by atoms with Gasteiger partial charge in [0.05, 0.1) is 0 Å². The van der Waals surface area contributed by atoms with Gasteiger partial charge in [-0.2, -0.15) is 11.3 Å². The topological polar surface area (TPSA) is 12.0 Å². The van der Waals surface area contributed by atoms with Crippen LogP contribution in [-0.2, 0) is 12.8 Å². The lowest BCUT2D eigenvalue weighted by atomic mass is 10.0. The summed E-state index contributed by atoms with van der Waals surface area (Å²) in [6.45, 7) is 3.39. The fraction of sp³-hybridized carbons (Fsp3) is 0.529. The molecule has 0 aliphatic rings. The highest BCUT2D eigenvalue weighted by Gasteiger charge is 2.08. The molecule has 0 bridgehead atoms. The quantitative estimate of drug-likeness (QED) is 0.641. The molecule has 2 aromatic heterocycles. The van der Waals surface area contributed by atoms with E-state index < -0.39 is 0 Å². The number of thiophene rings is 2. The maximum absolute atomic E-state index is 3.72. The third-order valence-electron chi connectivity index (χ3n) is 3.60. The van der Waals surface area contributed by atoms with Gasteiger partial charge in [0.1, 0.15) is 0 Å². The number of aryl methyl sites for hydroxylation is 2. The summed E-state index contributed by atoms with van der Waals surface area (Å²) >= 11 is 3.69. The Morgan fingerprint density at radius 2 is 2.10 bits per heavy atom. The molecule has 0 aliphatic heterocycles. The second kappa shape index (κ2) is 9.32. The highest BCUT2D eigenvalue weighted by Crippen LogP contribution is 2.16. The number of hydrogen-bond acceptors (Lipinski definition) is 3. The summed E-state index contributed by atoms with van der Waals surface area (Å²) in [5, 5.41) is 10.4. The molecule has 2 rings (SSSR count). The van der Waals surface area contributed by atoms with Crippen LogP contribution in [0.15, 0.2) is 34.3 Å². The summed E-state index contributed by atoms with van der Waals surface area (Å²) < 4.78 is 0. The highest BCUT2D eigenvalue weighted by atomic mass is 32.1. The maximum atomic E-state index is 3.72. The molecule has 0 aliphatic carbocycles. The predicted octanol–water partition coefficient (Wildman–Crippen LogP) is 5.13. The minimum absolute atomic E-state index is 0.676. The van der Waals surface area contributed by atoms with Crippen LogP contribution in [0.1, 0.15) is 43.0 Å². The van der Waals surface area contributed by atoms with Crippen LogP contribution in [0, 0.1) is 0 Å². The molecule has 0 radical (unpaired) electrons. The Morgan fingerprint density at radius 1 is 1.15 bits per heavy atom. The maximum Gasteiger partial charge on any atom is 0.00703 e. The van der Waals surface area contributed by atoms with Gasteiger partial charge >= 0.3 is 0 Å². The van der Waals surface area contributed by atoms with Crippen LogP contribution < -0.4 is 5.32 Å². The second-order valence-corrected chi connectivity index (χ2v) is 7.11. The van der Waals surface area contributed by atoms with E-state index in [0.29, 0.717) is 6.04 Å². The van der Waals surface area contributed by atoms with Crippen LogP contribution in [-0.4, -0.2) is 12.6 Å². The molecule has 0 saturated heterocycles. The summed E-state index contributed by atoms with van der Waals surface area (Å²) in [6, 6.07) is 7.34. The van der Waals surface area contributed by atoms with E-state index in [1.54, 1.807) is 11.3 Å². The number of rotatable bonds is 10. The van der Waals surface area contributed by atoms with Gasteiger partial charge in [-0.15, -0.1) is 11.3 Å². The fourth-order valence-corrected chi connectivity index (χ4v) is 3.90. The van der Waals surface area contributed by atoms with E-state index in [1.165, 1.54) is 49.0 Å². The third-order valence-corrected chi connectivity index (χ3v) is 5.27. The zero-order valence-electron chi connectivity index (χ0n) is 12.3. The van der Waals surface area contributed by atoms with Crippen molar-refractivity contribution in [3.05, 3.63) is 44.8 Å². The minimum atomic E-state index is 0.676. The first-order valence-corrected chi connectivity index (χ1v) is 9.47. The molecule has 1 unspecified atom stereocenters. The molecular formula is C17H25NS2. The Labute approximate surface area is 131 Å². The third kappa shape index (κ3) is 5.78. The summed E-state index contributed by atoms with van der Waals surface area (Å²) in [7, 11) is 0. The van der Waals surface area contributed by atoms with Crippen molar-refractivity contribution in [2.75, 3.05) is 6.54 Å². The smallest absolute Gasteiger partial charge is 0.00703 e. The molecule has 20 heavy (non-hydrogen) atoms. The fourth-order valence-electron chi connectivity index (χ4n) is 2.45. The van der Waals surface area contributed by atoms with Crippen molar-refractivity contribution in [2.45, 2.75) is 51.5 Å². The average Bonchev–Trinajstić information content (AvgIpc) is 3.14. The normalized spacial score (nSPS) is 12.7. The van der Waals surface area contributed by atoms with Crippen LogP contribution in [0.2, 0.25) is 0 Å². The molecule has 0 amide bonds. The molecule has 0 saturated carbocycles. The Morgan fingerprint density at radius 3 is 2.80 bits per heavy atom. The molecule has 0 aromatic carbocycles. The molecule has 0 fully saturated rings.